The highest BCUT2D eigenvalue weighted by Gasteiger charge is 2.09. The van der Waals surface area contributed by atoms with Crippen LogP contribution < -0.4 is 10.6 Å². The normalized spacial score (nSPS) is 10.7. The number of urea groups is 1. The first-order valence-corrected chi connectivity index (χ1v) is 7.38. The van der Waals surface area contributed by atoms with Gasteiger partial charge in [0.05, 0.1) is 0 Å². The van der Waals surface area contributed by atoms with Gasteiger partial charge in [-0.1, -0.05) is 25.1 Å². The van der Waals surface area contributed by atoms with Gasteiger partial charge in [0.25, 0.3) is 0 Å². The second-order valence-corrected chi connectivity index (χ2v) is 5.28. The monoisotopic (exact) mass is 303 g/mol. The lowest BCUT2D eigenvalue weighted by Gasteiger charge is -2.06. The van der Waals surface area contributed by atoms with E-state index < -0.39 is 0 Å². The molecular formula is C15H21N5O2. The van der Waals surface area contributed by atoms with Gasteiger partial charge < -0.3 is 15.2 Å². The number of pyridine rings is 1. The van der Waals surface area contributed by atoms with E-state index in [0.29, 0.717) is 25.4 Å². The van der Waals surface area contributed by atoms with Crippen molar-refractivity contribution in [3.63, 3.8) is 0 Å². The fraction of sp³-hybridized carbons (Fsp3) is 0.467. The highest BCUT2D eigenvalue weighted by atomic mass is 16.5. The van der Waals surface area contributed by atoms with E-state index in [9.17, 15) is 4.79 Å². The van der Waals surface area contributed by atoms with Crippen LogP contribution >= 0.6 is 0 Å². The molecule has 0 fully saturated rings. The van der Waals surface area contributed by atoms with E-state index in [4.69, 9.17) is 4.52 Å². The van der Waals surface area contributed by atoms with E-state index in [-0.39, 0.29) is 11.9 Å². The van der Waals surface area contributed by atoms with Crippen molar-refractivity contribution in [2.24, 2.45) is 0 Å². The molecule has 0 aliphatic rings. The van der Waals surface area contributed by atoms with Crippen molar-refractivity contribution in [3.8, 4) is 0 Å². The van der Waals surface area contributed by atoms with Gasteiger partial charge in [-0.05, 0) is 18.1 Å². The maximum atomic E-state index is 11.6. The summed E-state index contributed by atoms with van der Waals surface area (Å²) in [6.07, 6.45) is 4.83. The van der Waals surface area contributed by atoms with Gasteiger partial charge in [0.1, 0.15) is 0 Å². The highest BCUT2D eigenvalue weighted by Crippen LogP contribution is 2.10. The summed E-state index contributed by atoms with van der Waals surface area (Å²) in [6, 6.07) is 3.55. The summed E-state index contributed by atoms with van der Waals surface area (Å²) in [4.78, 5) is 19.9. The minimum absolute atomic E-state index is 0.197. The second-order valence-electron chi connectivity index (χ2n) is 5.28. The Labute approximate surface area is 129 Å². The van der Waals surface area contributed by atoms with Crippen LogP contribution in [0.2, 0.25) is 0 Å². The average Bonchev–Trinajstić information content (AvgIpc) is 3.00. The van der Waals surface area contributed by atoms with Gasteiger partial charge in [0, 0.05) is 37.8 Å². The Balaban J connectivity index is 1.60. The molecule has 7 nitrogen and oxygen atoms in total. The average molecular weight is 303 g/mol. The maximum Gasteiger partial charge on any atom is 0.315 e. The Morgan fingerprint density at radius 1 is 1.36 bits per heavy atom. The van der Waals surface area contributed by atoms with E-state index in [1.807, 2.05) is 26.0 Å². The molecule has 22 heavy (non-hydrogen) atoms. The first-order valence-electron chi connectivity index (χ1n) is 7.38. The van der Waals surface area contributed by atoms with Crippen LogP contribution in [0.5, 0.6) is 0 Å². The summed E-state index contributed by atoms with van der Waals surface area (Å²) in [5.74, 6) is 1.59. The Kier molecular flexibility index (Phi) is 5.88. The molecule has 2 aromatic heterocycles. The summed E-state index contributed by atoms with van der Waals surface area (Å²) in [5, 5.41) is 9.47. The highest BCUT2D eigenvalue weighted by molar-refractivity contribution is 5.73. The minimum Gasteiger partial charge on any atom is -0.339 e. The molecule has 2 heterocycles. The second kappa shape index (κ2) is 8.11. The van der Waals surface area contributed by atoms with Crippen LogP contribution in [0, 0.1) is 0 Å². The van der Waals surface area contributed by atoms with Crippen LogP contribution in [0.1, 0.15) is 43.5 Å². The lowest BCUT2D eigenvalue weighted by molar-refractivity contribution is 0.240. The number of aryl methyl sites for hydroxylation is 1. The lowest BCUT2D eigenvalue weighted by atomic mass is 10.2. The molecular weight excluding hydrogens is 282 g/mol. The first-order chi connectivity index (χ1) is 10.6. The van der Waals surface area contributed by atoms with Crippen molar-refractivity contribution in [2.45, 2.75) is 39.2 Å². The predicted molar refractivity (Wildman–Crippen MR) is 81.2 cm³/mol. The Morgan fingerprint density at radius 3 is 2.91 bits per heavy atom. The predicted octanol–water partition coefficient (Wildman–Crippen LogP) is 2.02. The maximum absolute atomic E-state index is 11.6. The summed E-state index contributed by atoms with van der Waals surface area (Å²) in [5.41, 5.74) is 0.963. The fourth-order valence-electron chi connectivity index (χ4n) is 1.79. The number of carbonyl (C=O) groups is 1. The number of rotatable bonds is 7. The molecule has 7 heteroatoms. The molecule has 0 saturated heterocycles. The molecule has 0 atom stereocenters. The van der Waals surface area contributed by atoms with Gasteiger partial charge in [-0.2, -0.15) is 4.98 Å². The third-order valence-corrected chi connectivity index (χ3v) is 3.03. The molecule has 118 valence electrons. The molecule has 0 aromatic carbocycles. The SMILES string of the molecule is CC(C)c1noc(CCCNC(=O)NCc2cccnc2)n1. The van der Waals surface area contributed by atoms with Crippen molar-refractivity contribution in [2.75, 3.05) is 6.54 Å². The summed E-state index contributed by atoms with van der Waals surface area (Å²) >= 11 is 0. The van der Waals surface area contributed by atoms with E-state index in [2.05, 4.69) is 25.8 Å². The molecule has 0 aliphatic carbocycles. The lowest BCUT2D eigenvalue weighted by Crippen LogP contribution is -2.35. The minimum atomic E-state index is -0.197. The van der Waals surface area contributed by atoms with Crippen molar-refractivity contribution in [3.05, 3.63) is 41.8 Å². The number of amides is 2. The topological polar surface area (TPSA) is 92.9 Å². The summed E-state index contributed by atoms with van der Waals surface area (Å²) < 4.78 is 5.14. The zero-order chi connectivity index (χ0) is 15.8. The quantitative estimate of drug-likeness (QED) is 0.763. The molecule has 2 amide bonds. The molecule has 2 rings (SSSR count). The Bertz CT molecular complexity index is 583. The van der Waals surface area contributed by atoms with Crippen molar-refractivity contribution < 1.29 is 9.32 Å². The van der Waals surface area contributed by atoms with Crippen molar-refractivity contribution in [1.82, 2.24) is 25.8 Å². The molecule has 0 unspecified atom stereocenters. The number of carbonyl (C=O) groups excluding carboxylic acids is 1. The molecule has 0 bridgehead atoms. The Hall–Kier alpha value is -2.44. The first kappa shape index (κ1) is 15.9. The van der Waals surface area contributed by atoms with Gasteiger partial charge in [-0.25, -0.2) is 4.79 Å². The van der Waals surface area contributed by atoms with Gasteiger partial charge in [-0.15, -0.1) is 0 Å². The number of nitrogens with zero attached hydrogens (tertiary/aromatic N) is 3. The third-order valence-electron chi connectivity index (χ3n) is 3.03. The van der Waals surface area contributed by atoms with Crippen LogP contribution in [0.3, 0.4) is 0 Å². The zero-order valence-corrected chi connectivity index (χ0v) is 12.9. The van der Waals surface area contributed by atoms with E-state index in [1.54, 1.807) is 12.4 Å². The standard InChI is InChI=1S/C15H21N5O2/c1-11(2)14-19-13(22-20-14)6-4-8-17-15(21)18-10-12-5-3-7-16-9-12/h3,5,7,9,11H,4,6,8,10H2,1-2H3,(H2,17,18,21). The number of nitrogens with one attached hydrogen (secondary N) is 2. The smallest absolute Gasteiger partial charge is 0.315 e. The largest absolute Gasteiger partial charge is 0.339 e. The van der Waals surface area contributed by atoms with Crippen LogP contribution in [0.25, 0.3) is 0 Å². The summed E-state index contributed by atoms with van der Waals surface area (Å²) in [7, 11) is 0. The summed E-state index contributed by atoms with van der Waals surface area (Å²) in [6.45, 7) is 5.05. The third kappa shape index (κ3) is 5.16. The van der Waals surface area contributed by atoms with Gasteiger partial charge in [0.15, 0.2) is 5.82 Å². The molecule has 0 radical (unpaired) electrons. The van der Waals surface area contributed by atoms with Crippen molar-refractivity contribution in [1.29, 1.82) is 0 Å². The van der Waals surface area contributed by atoms with Gasteiger partial charge in [0.2, 0.25) is 5.89 Å². The Morgan fingerprint density at radius 2 is 2.23 bits per heavy atom. The molecule has 0 aliphatic heterocycles. The van der Waals surface area contributed by atoms with Gasteiger partial charge >= 0.3 is 6.03 Å². The fourth-order valence-corrected chi connectivity index (χ4v) is 1.79. The zero-order valence-electron chi connectivity index (χ0n) is 12.9. The number of hydrogen-bond donors (Lipinski definition) is 2. The van der Waals surface area contributed by atoms with Crippen LogP contribution in [-0.4, -0.2) is 27.7 Å². The number of aromatic nitrogens is 3. The van der Waals surface area contributed by atoms with Crippen molar-refractivity contribution >= 4 is 6.03 Å². The van der Waals surface area contributed by atoms with Crippen LogP contribution in [0.15, 0.2) is 29.0 Å². The van der Waals surface area contributed by atoms with E-state index in [1.165, 1.54) is 0 Å². The van der Waals surface area contributed by atoms with Crippen LogP contribution in [-0.2, 0) is 13.0 Å². The molecule has 2 aromatic rings. The van der Waals surface area contributed by atoms with E-state index >= 15 is 0 Å². The molecule has 0 saturated carbocycles. The number of hydrogen-bond acceptors (Lipinski definition) is 5. The van der Waals surface area contributed by atoms with E-state index in [0.717, 1.165) is 17.8 Å². The van der Waals surface area contributed by atoms with Crippen LogP contribution in [0.4, 0.5) is 4.79 Å². The molecule has 0 spiro atoms. The molecule has 2 N–H and O–H groups in total. The van der Waals surface area contributed by atoms with Gasteiger partial charge in [-0.3, -0.25) is 4.98 Å².